The number of nitrogens with one attached hydrogen (secondary N) is 1. The van der Waals surface area contributed by atoms with Crippen molar-refractivity contribution in [3.05, 3.63) is 59.7 Å². The number of sulfonamides is 1. The Morgan fingerprint density at radius 1 is 1.21 bits per heavy atom. The summed E-state index contributed by atoms with van der Waals surface area (Å²) in [5.74, 6) is -1.49. The molecule has 0 fully saturated rings. The molecule has 2 aromatic carbocycles. The van der Waals surface area contributed by atoms with Crippen LogP contribution < -0.4 is 9.62 Å². The Kier molecular flexibility index (Phi) is 5.66. The minimum absolute atomic E-state index is 0.0320. The summed E-state index contributed by atoms with van der Waals surface area (Å²) >= 11 is 0. The fourth-order valence-electron chi connectivity index (χ4n) is 3.05. The highest BCUT2D eigenvalue weighted by Gasteiger charge is 2.31. The molecule has 0 bridgehead atoms. The van der Waals surface area contributed by atoms with Crippen LogP contribution in [0.1, 0.15) is 15.9 Å². The molecule has 1 aliphatic heterocycles. The van der Waals surface area contributed by atoms with Crippen LogP contribution in [-0.4, -0.2) is 51.7 Å². The van der Waals surface area contributed by atoms with Crippen molar-refractivity contribution in [2.75, 3.05) is 24.6 Å². The van der Waals surface area contributed by atoms with E-state index in [0.29, 0.717) is 18.7 Å². The second kappa shape index (κ2) is 7.99. The summed E-state index contributed by atoms with van der Waals surface area (Å²) in [7, 11) is -2.71. The first-order chi connectivity index (χ1) is 13.4. The molecule has 1 aliphatic rings. The van der Waals surface area contributed by atoms with Crippen molar-refractivity contribution in [2.45, 2.75) is 17.4 Å². The molecule has 8 nitrogen and oxygen atoms in total. The van der Waals surface area contributed by atoms with Crippen molar-refractivity contribution in [3.63, 3.8) is 0 Å². The molecule has 148 valence electrons. The summed E-state index contributed by atoms with van der Waals surface area (Å²) in [5, 5.41) is 11.6. The van der Waals surface area contributed by atoms with E-state index in [4.69, 9.17) is 0 Å². The van der Waals surface area contributed by atoms with Gasteiger partial charge in [-0.15, -0.1) is 0 Å². The molecule has 2 N–H and O–H groups in total. The monoisotopic (exact) mass is 404 g/mol. The Morgan fingerprint density at radius 2 is 1.96 bits per heavy atom. The molecule has 3 rings (SSSR count). The van der Waals surface area contributed by atoms with Crippen molar-refractivity contribution >= 4 is 27.6 Å². The van der Waals surface area contributed by atoms with Crippen LogP contribution in [0.3, 0.4) is 0 Å². The molecular formula is C19H20N2O6S. The second-order valence-electron chi connectivity index (χ2n) is 6.22. The Bertz CT molecular complexity index is 1000. The zero-order chi connectivity index (χ0) is 20.3. The summed E-state index contributed by atoms with van der Waals surface area (Å²) in [5.41, 5.74) is 1.63. The number of para-hydroxylation sites is 1. The number of ether oxygens (including phenoxy) is 1. The van der Waals surface area contributed by atoms with Crippen LogP contribution in [-0.2, 0) is 26.0 Å². The fourth-order valence-corrected chi connectivity index (χ4v) is 4.60. The van der Waals surface area contributed by atoms with Crippen LogP contribution in [0.4, 0.5) is 5.69 Å². The third kappa shape index (κ3) is 3.71. The highest BCUT2D eigenvalue weighted by molar-refractivity contribution is 7.92. The summed E-state index contributed by atoms with van der Waals surface area (Å²) in [6.07, 6.45) is 0.618. The fraction of sp³-hybridized carbons (Fsp3) is 0.263. The Hall–Kier alpha value is -2.91. The molecule has 0 spiro atoms. The molecule has 0 saturated carbocycles. The van der Waals surface area contributed by atoms with Gasteiger partial charge in [-0.05, 0) is 36.2 Å². The smallest absolute Gasteiger partial charge is 0.330 e. The van der Waals surface area contributed by atoms with Gasteiger partial charge in [0.05, 0.1) is 24.3 Å². The zero-order valence-corrected chi connectivity index (χ0v) is 16.0. The van der Waals surface area contributed by atoms with E-state index in [1.54, 1.807) is 12.1 Å². The first-order valence-electron chi connectivity index (χ1n) is 8.58. The molecule has 0 saturated heterocycles. The lowest BCUT2D eigenvalue weighted by Gasteiger charge is -2.20. The average Bonchev–Trinajstić information content (AvgIpc) is 3.16. The number of aliphatic hydroxyl groups excluding tert-OH is 1. The molecule has 0 unspecified atom stereocenters. The van der Waals surface area contributed by atoms with Crippen molar-refractivity contribution in [2.24, 2.45) is 0 Å². The normalized spacial score (nSPS) is 14.3. The van der Waals surface area contributed by atoms with Gasteiger partial charge in [0.2, 0.25) is 0 Å². The van der Waals surface area contributed by atoms with Crippen molar-refractivity contribution in [3.8, 4) is 0 Å². The molecule has 2 aromatic rings. The van der Waals surface area contributed by atoms with Gasteiger partial charge in [0.1, 0.15) is 0 Å². The molecule has 28 heavy (non-hydrogen) atoms. The van der Waals surface area contributed by atoms with E-state index < -0.39 is 34.5 Å². The summed E-state index contributed by atoms with van der Waals surface area (Å²) in [4.78, 5) is 23.9. The summed E-state index contributed by atoms with van der Waals surface area (Å²) in [6, 6.07) is 11.6. The van der Waals surface area contributed by atoms with E-state index in [2.05, 4.69) is 10.1 Å². The number of benzene rings is 2. The molecule has 0 aromatic heterocycles. The van der Waals surface area contributed by atoms with Gasteiger partial charge in [0.25, 0.3) is 15.9 Å². The first kappa shape index (κ1) is 19.8. The minimum atomic E-state index is -3.85. The SMILES string of the molecule is COC(=O)[C@@H](CO)NC(=O)c1cccc(S(=O)(=O)N2CCc3ccccc32)c1. The predicted molar refractivity (Wildman–Crippen MR) is 101 cm³/mol. The van der Waals surface area contributed by atoms with E-state index in [-0.39, 0.29) is 10.5 Å². The van der Waals surface area contributed by atoms with Crippen LogP contribution in [0.5, 0.6) is 0 Å². The van der Waals surface area contributed by atoms with Crippen molar-refractivity contribution < 1.29 is 27.9 Å². The number of anilines is 1. The largest absolute Gasteiger partial charge is 0.467 e. The van der Waals surface area contributed by atoms with Crippen molar-refractivity contribution in [1.82, 2.24) is 5.32 Å². The number of carbonyl (C=O) groups excluding carboxylic acids is 2. The van der Waals surface area contributed by atoms with Gasteiger partial charge < -0.3 is 15.2 Å². The van der Waals surface area contributed by atoms with E-state index in [1.165, 1.54) is 28.6 Å². The van der Waals surface area contributed by atoms with Crippen LogP contribution in [0.2, 0.25) is 0 Å². The minimum Gasteiger partial charge on any atom is -0.467 e. The topological polar surface area (TPSA) is 113 Å². The standard InChI is InChI=1S/C19H20N2O6S/c1-27-19(24)16(12-22)20-18(23)14-6-4-7-15(11-14)28(25,26)21-10-9-13-5-2-3-8-17(13)21/h2-8,11,16,22H,9-10,12H2,1H3,(H,20,23)/t16-/m1/s1. The van der Waals surface area contributed by atoms with Gasteiger partial charge in [-0.3, -0.25) is 9.10 Å². The van der Waals surface area contributed by atoms with Crippen molar-refractivity contribution in [1.29, 1.82) is 0 Å². The number of hydrogen-bond donors (Lipinski definition) is 2. The number of carbonyl (C=O) groups is 2. The predicted octanol–water partition coefficient (Wildman–Crippen LogP) is 0.702. The maximum atomic E-state index is 13.1. The van der Waals surface area contributed by atoms with Gasteiger partial charge in [-0.2, -0.15) is 0 Å². The third-order valence-electron chi connectivity index (χ3n) is 4.50. The van der Waals surface area contributed by atoms with Gasteiger partial charge in [0.15, 0.2) is 6.04 Å². The van der Waals surface area contributed by atoms with E-state index in [1.807, 2.05) is 12.1 Å². The van der Waals surface area contributed by atoms with Crippen LogP contribution in [0, 0.1) is 0 Å². The maximum absolute atomic E-state index is 13.1. The lowest BCUT2D eigenvalue weighted by atomic mass is 10.2. The number of fused-ring (bicyclic) bond motifs is 1. The molecule has 9 heteroatoms. The number of rotatable bonds is 6. The maximum Gasteiger partial charge on any atom is 0.330 e. The van der Waals surface area contributed by atoms with E-state index in [0.717, 1.165) is 12.7 Å². The lowest BCUT2D eigenvalue weighted by molar-refractivity contribution is -0.143. The number of esters is 1. The van der Waals surface area contributed by atoms with Gasteiger partial charge in [-0.25, -0.2) is 13.2 Å². The molecule has 0 aliphatic carbocycles. The quantitative estimate of drug-likeness (QED) is 0.686. The van der Waals surface area contributed by atoms with E-state index >= 15 is 0 Å². The van der Waals surface area contributed by atoms with Gasteiger partial charge in [0, 0.05) is 12.1 Å². The van der Waals surface area contributed by atoms with Gasteiger partial charge in [-0.1, -0.05) is 24.3 Å². The lowest BCUT2D eigenvalue weighted by Crippen LogP contribution is -2.44. The Labute approximate surface area is 162 Å². The molecule has 1 amide bonds. The third-order valence-corrected chi connectivity index (χ3v) is 6.31. The average molecular weight is 404 g/mol. The number of amides is 1. The van der Waals surface area contributed by atoms with Crippen LogP contribution >= 0.6 is 0 Å². The first-order valence-corrected chi connectivity index (χ1v) is 10.0. The molecule has 0 radical (unpaired) electrons. The summed E-state index contributed by atoms with van der Waals surface area (Å²) in [6.45, 7) is -0.312. The summed E-state index contributed by atoms with van der Waals surface area (Å²) < 4.78 is 32.0. The number of nitrogens with zero attached hydrogens (tertiary/aromatic N) is 1. The Morgan fingerprint density at radius 3 is 2.68 bits per heavy atom. The van der Waals surface area contributed by atoms with Crippen LogP contribution in [0.15, 0.2) is 53.4 Å². The zero-order valence-electron chi connectivity index (χ0n) is 15.2. The Balaban J connectivity index is 1.87. The number of aliphatic hydroxyl groups is 1. The number of hydrogen-bond acceptors (Lipinski definition) is 6. The highest BCUT2D eigenvalue weighted by atomic mass is 32.2. The molecule has 1 atom stereocenters. The van der Waals surface area contributed by atoms with Gasteiger partial charge >= 0.3 is 5.97 Å². The highest BCUT2D eigenvalue weighted by Crippen LogP contribution is 2.32. The number of methoxy groups -OCH3 is 1. The second-order valence-corrected chi connectivity index (χ2v) is 8.08. The molecule has 1 heterocycles. The van der Waals surface area contributed by atoms with Crippen LogP contribution in [0.25, 0.3) is 0 Å². The van der Waals surface area contributed by atoms with E-state index in [9.17, 15) is 23.1 Å². The molecular weight excluding hydrogens is 384 g/mol.